The summed E-state index contributed by atoms with van der Waals surface area (Å²) in [5, 5.41) is 7.35. The highest BCUT2D eigenvalue weighted by Gasteiger charge is 2.06. The summed E-state index contributed by atoms with van der Waals surface area (Å²) in [7, 11) is 0. The predicted octanol–water partition coefficient (Wildman–Crippen LogP) is 4.79. The van der Waals surface area contributed by atoms with E-state index in [0.717, 1.165) is 27.9 Å². The van der Waals surface area contributed by atoms with Crippen molar-refractivity contribution in [2.45, 2.75) is 6.54 Å². The first-order chi connectivity index (χ1) is 15.7. The van der Waals surface area contributed by atoms with Crippen LogP contribution in [0.3, 0.4) is 0 Å². The van der Waals surface area contributed by atoms with Crippen molar-refractivity contribution in [1.82, 2.24) is 19.9 Å². The van der Waals surface area contributed by atoms with Crippen LogP contribution in [0, 0.1) is 0 Å². The van der Waals surface area contributed by atoms with E-state index in [1.165, 1.54) is 0 Å². The van der Waals surface area contributed by atoms with E-state index in [1.807, 2.05) is 85.1 Å². The Hall–Kier alpha value is -4.59. The second-order valence-electron chi connectivity index (χ2n) is 7.15. The number of nitrogens with one attached hydrogen (secondary N) is 4. The molecule has 0 saturated carbocycles. The first-order valence-electron chi connectivity index (χ1n) is 10.1. The minimum absolute atomic E-state index is 0.236. The summed E-state index contributed by atoms with van der Waals surface area (Å²) >= 11 is 0. The monoisotopic (exact) mass is 424 g/mol. The molecule has 2 aromatic heterocycles. The molecule has 0 amide bonds. The minimum atomic E-state index is -0.499. The largest absolute Gasteiger partial charge is 0.457 e. The average molecular weight is 424 g/mol. The van der Waals surface area contributed by atoms with Crippen LogP contribution in [0.5, 0.6) is 11.5 Å². The lowest BCUT2D eigenvalue weighted by Gasteiger charge is -2.10. The number of ether oxygens (including phenoxy) is 1. The molecule has 0 spiro atoms. The number of H-pyrrole nitrogens is 2. The quantitative estimate of drug-likeness (QED) is 0.299. The summed E-state index contributed by atoms with van der Waals surface area (Å²) in [4.78, 5) is 26.1. The fourth-order valence-electron chi connectivity index (χ4n) is 3.31. The normalized spacial score (nSPS) is 10.8. The second kappa shape index (κ2) is 8.65. The van der Waals surface area contributed by atoms with Gasteiger partial charge in [0.05, 0.1) is 0 Å². The van der Waals surface area contributed by atoms with Crippen LogP contribution in [-0.4, -0.2) is 19.9 Å². The molecule has 8 nitrogen and oxygen atoms in total. The van der Waals surface area contributed by atoms with Crippen molar-refractivity contribution >= 4 is 28.5 Å². The van der Waals surface area contributed by atoms with E-state index in [9.17, 15) is 4.79 Å². The van der Waals surface area contributed by atoms with Crippen LogP contribution in [0.1, 0.15) is 5.56 Å². The SMILES string of the molecule is O=c1nc(NCc2ccc3cc[nH]c3c2)nc(Nc2cccc(Oc3ccccc3)c2)[nH]1. The van der Waals surface area contributed by atoms with Gasteiger partial charge in [-0.2, -0.15) is 9.97 Å². The van der Waals surface area contributed by atoms with Crippen molar-refractivity contribution in [3.8, 4) is 11.5 Å². The summed E-state index contributed by atoms with van der Waals surface area (Å²) in [5.41, 5.74) is 2.32. The van der Waals surface area contributed by atoms with Crippen LogP contribution in [0.4, 0.5) is 17.6 Å². The van der Waals surface area contributed by atoms with E-state index in [0.29, 0.717) is 12.3 Å². The summed E-state index contributed by atoms with van der Waals surface area (Å²) in [6.07, 6.45) is 1.90. The molecule has 0 saturated heterocycles. The molecule has 8 heteroatoms. The highest BCUT2D eigenvalue weighted by atomic mass is 16.5. The number of rotatable bonds is 7. The van der Waals surface area contributed by atoms with Crippen molar-refractivity contribution in [2.24, 2.45) is 0 Å². The molecule has 2 heterocycles. The third kappa shape index (κ3) is 4.59. The number of hydrogen-bond acceptors (Lipinski definition) is 6. The molecule has 0 aliphatic carbocycles. The number of fused-ring (bicyclic) bond motifs is 1. The van der Waals surface area contributed by atoms with Gasteiger partial charge in [0.2, 0.25) is 11.9 Å². The second-order valence-corrected chi connectivity index (χ2v) is 7.15. The zero-order valence-electron chi connectivity index (χ0n) is 17.0. The van der Waals surface area contributed by atoms with Crippen molar-refractivity contribution in [3.63, 3.8) is 0 Å². The molecule has 0 unspecified atom stereocenters. The lowest BCUT2D eigenvalue weighted by molar-refractivity contribution is 0.483. The van der Waals surface area contributed by atoms with Crippen molar-refractivity contribution in [1.29, 1.82) is 0 Å². The maximum Gasteiger partial charge on any atom is 0.351 e. The molecule has 0 aliphatic rings. The molecule has 3 aromatic carbocycles. The number of nitrogens with zero attached hydrogens (tertiary/aromatic N) is 2. The Balaban J connectivity index is 1.29. The van der Waals surface area contributed by atoms with E-state index in [2.05, 4.69) is 30.6 Å². The zero-order valence-corrected chi connectivity index (χ0v) is 17.0. The Bertz CT molecular complexity index is 1410. The van der Waals surface area contributed by atoms with Gasteiger partial charge in [-0.25, -0.2) is 4.79 Å². The van der Waals surface area contributed by atoms with Gasteiger partial charge >= 0.3 is 5.69 Å². The Morgan fingerprint density at radius 2 is 1.75 bits per heavy atom. The molecule has 5 aromatic rings. The Morgan fingerprint density at radius 1 is 0.875 bits per heavy atom. The molecule has 0 atom stereocenters. The molecule has 0 radical (unpaired) electrons. The van der Waals surface area contributed by atoms with Gasteiger partial charge in [0.1, 0.15) is 11.5 Å². The van der Waals surface area contributed by atoms with E-state index < -0.39 is 5.69 Å². The molecule has 4 N–H and O–H groups in total. The van der Waals surface area contributed by atoms with Crippen LogP contribution < -0.4 is 21.1 Å². The number of aromatic amines is 2. The van der Waals surface area contributed by atoms with Crippen molar-refractivity contribution < 1.29 is 4.74 Å². The highest BCUT2D eigenvalue weighted by molar-refractivity contribution is 5.79. The number of anilines is 3. The predicted molar refractivity (Wildman–Crippen MR) is 125 cm³/mol. The summed E-state index contributed by atoms with van der Waals surface area (Å²) in [6.45, 7) is 0.484. The minimum Gasteiger partial charge on any atom is -0.457 e. The van der Waals surface area contributed by atoms with E-state index in [-0.39, 0.29) is 11.9 Å². The van der Waals surface area contributed by atoms with Gasteiger partial charge in [0.25, 0.3) is 0 Å². The fraction of sp³-hybridized carbons (Fsp3) is 0.0417. The molecule has 0 fully saturated rings. The lowest BCUT2D eigenvalue weighted by atomic mass is 10.1. The van der Waals surface area contributed by atoms with E-state index >= 15 is 0 Å². The van der Waals surface area contributed by atoms with E-state index in [4.69, 9.17) is 4.74 Å². The average Bonchev–Trinajstić information content (AvgIpc) is 3.26. The first-order valence-corrected chi connectivity index (χ1v) is 10.1. The highest BCUT2D eigenvalue weighted by Crippen LogP contribution is 2.25. The Morgan fingerprint density at radius 3 is 2.66 bits per heavy atom. The third-order valence-electron chi connectivity index (χ3n) is 4.80. The van der Waals surface area contributed by atoms with Gasteiger partial charge in [-0.3, -0.25) is 4.98 Å². The van der Waals surface area contributed by atoms with Crippen LogP contribution in [-0.2, 0) is 6.54 Å². The standard InChI is InChI=1S/C24H20N6O2/c31-24-29-22(26-15-16-9-10-17-11-12-25-21(17)13-16)28-23(30-24)27-18-5-4-8-20(14-18)32-19-6-2-1-3-7-19/h1-14,25H,15H2,(H3,26,27,28,29,30,31). The van der Waals surface area contributed by atoms with Crippen LogP contribution in [0.2, 0.25) is 0 Å². The van der Waals surface area contributed by atoms with Gasteiger partial charge in [-0.1, -0.05) is 36.4 Å². The van der Waals surface area contributed by atoms with Crippen LogP contribution in [0.15, 0.2) is 89.9 Å². The molecule has 0 bridgehead atoms. The Labute approximate surface area is 183 Å². The summed E-state index contributed by atoms with van der Waals surface area (Å²) in [6, 6.07) is 25.0. The van der Waals surface area contributed by atoms with Gasteiger partial charge < -0.3 is 20.4 Å². The summed E-state index contributed by atoms with van der Waals surface area (Å²) in [5.74, 6) is 1.92. The van der Waals surface area contributed by atoms with E-state index in [1.54, 1.807) is 0 Å². The molecule has 0 aliphatic heterocycles. The van der Waals surface area contributed by atoms with Gasteiger partial charge in [0.15, 0.2) is 0 Å². The smallest absolute Gasteiger partial charge is 0.351 e. The topological polar surface area (TPSA) is 108 Å². The maximum atomic E-state index is 12.0. The lowest BCUT2D eigenvalue weighted by Crippen LogP contribution is -2.17. The van der Waals surface area contributed by atoms with Gasteiger partial charge in [-0.05, 0) is 47.3 Å². The van der Waals surface area contributed by atoms with Crippen molar-refractivity contribution in [2.75, 3.05) is 10.6 Å². The fourth-order valence-corrected chi connectivity index (χ4v) is 3.31. The molecule has 5 rings (SSSR count). The number of hydrogen-bond donors (Lipinski definition) is 4. The molecular formula is C24H20N6O2. The maximum absolute atomic E-state index is 12.0. The number of benzene rings is 3. The molecule has 158 valence electrons. The van der Waals surface area contributed by atoms with Crippen molar-refractivity contribution in [3.05, 3.63) is 101 Å². The van der Waals surface area contributed by atoms with Crippen LogP contribution in [0.25, 0.3) is 10.9 Å². The first kappa shape index (κ1) is 19.4. The van der Waals surface area contributed by atoms with Gasteiger partial charge in [0, 0.05) is 30.0 Å². The molecule has 32 heavy (non-hydrogen) atoms. The molecular weight excluding hydrogens is 404 g/mol. The third-order valence-corrected chi connectivity index (χ3v) is 4.80. The van der Waals surface area contributed by atoms with Gasteiger partial charge in [-0.15, -0.1) is 0 Å². The number of aromatic nitrogens is 4. The Kier molecular flexibility index (Phi) is 5.24. The van der Waals surface area contributed by atoms with Crippen LogP contribution >= 0.6 is 0 Å². The summed E-state index contributed by atoms with van der Waals surface area (Å²) < 4.78 is 5.86. The zero-order chi connectivity index (χ0) is 21.8. The number of para-hydroxylation sites is 1.